The van der Waals surface area contributed by atoms with E-state index in [0.29, 0.717) is 12.1 Å². The zero-order valence-corrected chi connectivity index (χ0v) is 16.9. The summed E-state index contributed by atoms with van der Waals surface area (Å²) >= 11 is 0. The number of carbonyl (C=O) groups excluding carboxylic acids is 1. The smallest absolute Gasteiger partial charge is 0.187 e. The third-order valence-corrected chi connectivity index (χ3v) is 5.43. The molecule has 0 spiro atoms. The number of aromatic nitrogens is 2. The average Bonchev–Trinajstić information content (AvgIpc) is 2.75. The molecule has 1 atom stereocenters. The maximum atomic E-state index is 14.5. The van der Waals surface area contributed by atoms with Crippen LogP contribution >= 0.6 is 0 Å². The Hall–Kier alpha value is -3.39. The molecule has 0 aliphatic carbocycles. The van der Waals surface area contributed by atoms with E-state index < -0.39 is 17.4 Å². The highest BCUT2D eigenvalue weighted by Crippen LogP contribution is 2.28. The molecule has 3 heterocycles. The molecular formula is C23H23F2N5O. The topological polar surface area (TPSA) is 98.1 Å². The van der Waals surface area contributed by atoms with E-state index in [2.05, 4.69) is 14.9 Å². The van der Waals surface area contributed by atoms with Crippen LogP contribution in [0, 0.1) is 11.6 Å². The Labute approximate surface area is 178 Å². The van der Waals surface area contributed by atoms with Gasteiger partial charge in [-0.3, -0.25) is 9.78 Å². The Balaban J connectivity index is 1.66. The fourth-order valence-corrected chi connectivity index (χ4v) is 3.92. The molecule has 1 saturated heterocycles. The molecule has 0 bridgehead atoms. The first-order valence-electron chi connectivity index (χ1n) is 10.1. The lowest BCUT2D eigenvalue weighted by molar-refractivity contribution is 0.0989. The number of nitrogen functional groups attached to an aromatic ring is 1. The molecule has 1 aliphatic heterocycles. The van der Waals surface area contributed by atoms with Crippen molar-refractivity contribution in [3.63, 3.8) is 0 Å². The van der Waals surface area contributed by atoms with Crippen LogP contribution in [0.15, 0.2) is 48.8 Å². The van der Waals surface area contributed by atoms with Crippen LogP contribution in [0.3, 0.4) is 0 Å². The van der Waals surface area contributed by atoms with Crippen LogP contribution in [0.2, 0.25) is 0 Å². The van der Waals surface area contributed by atoms with Gasteiger partial charge in [0.05, 0.1) is 5.69 Å². The van der Waals surface area contributed by atoms with Gasteiger partial charge >= 0.3 is 0 Å². The Morgan fingerprint density at radius 2 is 2.00 bits per heavy atom. The lowest BCUT2D eigenvalue weighted by Gasteiger charge is -2.33. The zero-order chi connectivity index (χ0) is 22.0. The number of rotatable bonds is 5. The predicted octanol–water partition coefficient (Wildman–Crippen LogP) is 3.36. The number of pyridine rings is 2. The van der Waals surface area contributed by atoms with Gasteiger partial charge in [-0.25, -0.2) is 13.8 Å². The number of nitrogens with two attached hydrogens (primary N) is 2. The van der Waals surface area contributed by atoms with E-state index in [1.807, 2.05) is 6.07 Å². The second-order valence-corrected chi connectivity index (χ2v) is 7.69. The van der Waals surface area contributed by atoms with Crippen molar-refractivity contribution in [3.8, 4) is 11.3 Å². The second kappa shape index (κ2) is 8.77. The Kier molecular flexibility index (Phi) is 5.90. The molecule has 3 aromatic rings. The number of benzene rings is 1. The fraction of sp³-hybridized carbons (Fsp3) is 0.261. The maximum absolute atomic E-state index is 14.5. The molecule has 1 fully saturated rings. The summed E-state index contributed by atoms with van der Waals surface area (Å²) in [6.07, 6.45) is 5.21. The van der Waals surface area contributed by atoms with Gasteiger partial charge in [0, 0.05) is 60.8 Å². The molecule has 0 amide bonds. The lowest BCUT2D eigenvalue weighted by atomic mass is 10.0. The number of piperidine rings is 1. The first-order chi connectivity index (χ1) is 14.9. The maximum Gasteiger partial charge on any atom is 0.187 e. The van der Waals surface area contributed by atoms with Crippen LogP contribution in [0.4, 0.5) is 20.2 Å². The van der Waals surface area contributed by atoms with Crippen LogP contribution in [0.25, 0.3) is 11.3 Å². The van der Waals surface area contributed by atoms with Crippen LogP contribution in [-0.2, 0) is 6.42 Å². The number of hydrogen-bond acceptors (Lipinski definition) is 6. The zero-order valence-electron chi connectivity index (χ0n) is 16.9. The van der Waals surface area contributed by atoms with Gasteiger partial charge in [0.1, 0.15) is 17.2 Å². The largest absolute Gasteiger partial charge is 0.397 e. The molecule has 1 aliphatic rings. The molecule has 0 saturated carbocycles. The third kappa shape index (κ3) is 4.39. The highest BCUT2D eigenvalue weighted by molar-refractivity contribution is 6.01. The van der Waals surface area contributed by atoms with Crippen molar-refractivity contribution in [2.75, 3.05) is 23.7 Å². The summed E-state index contributed by atoms with van der Waals surface area (Å²) in [6, 6.07) is 8.62. The summed E-state index contributed by atoms with van der Waals surface area (Å²) in [5.74, 6) is -1.82. The number of Topliss-reactive ketones (excluding diaryl/α,β-unsaturated/α-hetero) is 1. The van der Waals surface area contributed by atoms with Gasteiger partial charge in [0.25, 0.3) is 0 Å². The SMILES string of the molecule is Nc1cc(F)c(-c2ccccc2F)nc1C(=O)Cc1cnccc1N1CCC[C@H](N)C1. The van der Waals surface area contributed by atoms with Gasteiger partial charge in [0.15, 0.2) is 11.6 Å². The van der Waals surface area contributed by atoms with Gasteiger partial charge < -0.3 is 16.4 Å². The summed E-state index contributed by atoms with van der Waals surface area (Å²) in [5, 5.41) is 0. The second-order valence-electron chi connectivity index (χ2n) is 7.69. The summed E-state index contributed by atoms with van der Waals surface area (Å²) in [5.41, 5.74) is 13.1. The van der Waals surface area contributed by atoms with E-state index in [9.17, 15) is 13.6 Å². The minimum Gasteiger partial charge on any atom is -0.397 e. The highest BCUT2D eigenvalue weighted by atomic mass is 19.1. The lowest BCUT2D eigenvalue weighted by Crippen LogP contribution is -2.43. The summed E-state index contributed by atoms with van der Waals surface area (Å²) in [6.45, 7) is 1.53. The molecule has 2 aromatic heterocycles. The third-order valence-electron chi connectivity index (χ3n) is 5.43. The molecule has 0 radical (unpaired) electrons. The summed E-state index contributed by atoms with van der Waals surface area (Å²) in [7, 11) is 0. The minimum atomic E-state index is -0.788. The Morgan fingerprint density at radius 3 is 2.77 bits per heavy atom. The Bertz CT molecular complexity index is 1120. The predicted molar refractivity (Wildman–Crippen MR) is 116 cm³/mol. The standard InChI is InChI=1S/C23H23F2N5O/c24-17-6-2-1-5-16(17)22-18(25)11-19(27)23(29-22)21(31)10-14-12-28-8-7-20(14)30-9-3-4-15(26)13-30/h1-2,5-8,11-12,15H,3-4,9-10,13,26-27H2/t15-/m0/s1. The normalized spacial score (nSPS) is 16.4. The van der Waals surface area contributed by atoms with Crippen molar-refractivity contribution < 1.29 is 13.6 Å². The number of ketones is 1. The first kappa shape index (κ1) is 20.9. The molecule has 160 valence electrons. The minimum absolute atomic E-state index is 0.0194. The number of nitrogens with zero attached hydrogens (tertiary/aromatic N) is 3. The average molecular weight is 423 g/mol. The van der Waals surface area contributed by atoms with Crippen LogP contribution in [-0.4, -0.2) is 34.9 Å². The molecule has 4 rings (SSSR count). The molecule has 6 nitrogen and oxygen atoms in total. The van der Waals surface area contributed by atoms with Crippen LogP contribution < -0.4 is 16.4 Å². The monoisotopic (exact) mass is 423 g/mol. The summed E-state index contributed by atoms with van der Waals surface area (Å²) < 4.78 is 28.7. The van der Waals surface area contributed by atoms with Gasteiger partial charge in [-0.05, 0) is 31.0 Å². The number of halogens is 2. The van der Waals surface area contributed by atoms with Gasteiger partial charge in [-0.15, -0.1) is 0 Å². The van der Waals surface area contributed by atoms with E-state index in [1.54, 1.807) is 18.5 Å². The highest BCUT2D eigenvalue weighted by Gasteiger charge is 2.23. The quantitative estimate of drug-likeness (QED) is 0.611. The van der Waals surface area contributed by atoms with Crippen LogP contribution in [0.1, 0.15) is 28.9 Å². The number of anilines is 2. The number of hydrogen-bond donors (Lipinski definition) is 2. The van der Waals surface area contributed by atoms with Crippen molar-refractivity contribution >= 4 is 17.2 Å². The van der Waals surface area contributed by atoms with Crippen molar-refractivity contribution in [1.82, 2.24) is 9.97 Å². The van der Waals surface area contributed by atoms with Gasteiger partial charge in [0.2, 0.25) is 0 Å². The molecular weight excluding hydrogens is 400 g/mol. The molecule has 4 N–H and O–H groups in total. The first-order valence-corrected chi connectivity index (χ1v) is 10.1. The molecule has 8 heteroatoms. The van der Waals surface area contributed by atoms with E-state index in [0.717, 1.165) is 31.1 Å². The van der Waals surface area contributed by atoms with Crippen molar-refractivity contribution in [3.05, 3.63) is 71.7 Å². The van der Waals surface area contributed by atoms with E-state index in [1.165, 1.54) is 18.2 Å². The van der Waals surface area contributed by atoms with Crippen molar-refractivity contribution in [2.24, 2.45) is 5.73 Å². The van der Waals surface area contributed by atoms with Crippen molar-refractivity contribution in [2.45, 2.75) is 25.3 Å². The van der Waals surface area contributed by atoms with Gasteiger partial charge in [-0.2, -0.15) is 0 Å². The van der Waals surface area contributed by atoms with Gasteiger partial charge in [-0.1, -0.05) is 12.1 Å². The molecule has 1 aromatic carbocycles. The fourth-order valence-electron chi connectivity index (χ4n) is 3.92. The summed E-state index contributed by atoms with van der Waals surface area (Å²) in [4.78, 5) is 23.5. The van der Waals surface area contributed by atoms with E-state index >= 15 is 0 Å². The van der Waals surface area contributed by atoms with E-state index in [4.69, 9.17) is 11.5 Å². The molecule has 31 heavy (non-hydrogen) atoms. The number of carbonyl (C=O) groups is 1. The molecule has 0 unspecified atom stereocenters. The Morgan fingerprint density at radius 1 is 1.19 bits per heavy atom. The van der Waals surface area contributed by atoms with E-state index in [-0.39, 0.29) is 35.1 Å². The van der Waals surface area contributed by atoms with Crippen LogP contribution in [0.5, 0.6) is 0 Å². The van der Waals surface area contributed by atoms with Crippen molar-refractivity contribution in [1.29, 1.82) is 0 Å².